The van der Waals surface area contributed by atoms with Gasteiger partial charge in [0.15, 0.2) is 0 Å². The van der Waals surface area contributed by atoms with Crippen molar-refractivity contribution in [3.05, 3.63) is 59.2 Å². The molecule has 2 nitrogen and oxygen atoms in total. The summed E-state index contributed by atoms with van der Waals surface area (Å²) in [7, 11) is 0. The van der Waals surface area contributed by atoms with Crippen LogP contribution in [0.1, 0.15) is 31.0 Å². The summed E-state index contributed by atoms with van der Waals surface area (Å²) in [6.07, 6.45) is 0. The summed E-state index contributed by atoms with van der Waals surface area (Å²) in [5.41, 5.74) is 1.53. The third kappa shape index (κ3) is 3.79. The lowest BCUT2D eigenvalue weighted by atomic mass is 10.1. The lowest BCUT2D eigenvalue weighted by Gasteiger charge is -2.18. The maximum absolute atomic E-state index is 13.5. The first-order chi connectivity index (χ1) is 10.0. The molecule has 4 heteroatoms. The van der Waals surface area contributed by atoms with Crippen LogP contribution in [0.5, 0.6) is 11.5 Å². The number of halogens is 2. The van der Waals surface area contributed by atoms with Crippen molar-refractivity contribution in [2.24, 2.45) is 0 Å². The van der Waals surface area contributed by atoms with Gasteiger partial charge in [-0.1, -0.05) is 13.0 Å². The number of benzene rings is 2. The van der Waals surface area contributed by atoms with Crippen LogP contribution in [0.25, 0.3) is 0 Å². The Labute approximate surface area is 123 Å². The van der Waals surface area contributed by atoms with Crippen molar-refractivity contribution >= 4 is 0 Å². The van der Waals surface area contributed by atoms with E-state index in [1.807, 2.05) is 20.8 Å². The number of hydrogen-bond donors (Lipinski definition) is 1. The Kier molecular flexibility index (Phi) is 4.91. The molecule has 112 valence electrons. The second-order valence-corrected chi connectivity index (χ2v) is 4.97. The van der Waals surface area contributed by atoms with Gasteiger partial charge in [-0.25, -0.2) is 8.78 Å². The van der Waals surface area contributed by atoms with Crippen molar-refractivity contribution in [2.45, 2.75) is 26.8 Å². The first-order valence-corrected chi connectivity index (χ1v) is 6.98. The summed E-state index contributed by atoms with van der Waals surface area (Å²) in [4.78, 5) is 0. The van der Waals surface area contributed by atoms with Crippen LogP contribution in [0.2, 0.25) is 0 Å². The van der Waals surface area contributed by atoms with E-state index in [1.165, 1.54) is 24.3 Å². The van der Waals surface area contributed by atoms with Gasteiger partial charge in [0, 0.05) is 17.7 Å². The molecule has 1 N–H and O–H groups in total. The number of rotatable bonds is 5. The summed E-state index contributed by atoms with van der Waals surface area (Å²) in [5, 5.41) is 3.22. The lowest BCUT2D eigenvalue weighted by Crippen LogP contribution is -2.18. The zero-order valence-corrected chi connectivity index (χ0v) is 12.4. The van der Waals surface area contributed by atoms with Crippen molar-refractivity contribution in [2.75, 3.05) is 6.54 Å². The number of hydrogen-bond acceptors (Lipinski definition) is 2. The van der Waals surface area contributed by atoms with Crippen molar-refractivity contribution in [3.63, 3.8) is 0 Å². The number of aryl methyl sites for hydroxylation is 1. The Hall–Kier alpha value is -1.94. The van der Waals surface area contributed by atoms with Crippen molar-refractivity contribution in [1.82, 2.24) is 5.32 Å². The summed E-state index contributed by atoms with van der Waals surface area (Å²) >= 11 is 0. The molecule has 2 aromatic rings. The van der Waals surface area contributed by atoms with Gasteiger partial charge in [-0.3, -0.25) is 0 Å². The zero-order valence-electron chi connectivity index (χ0n) is 12.4. The molecule has 0 saturated carbocycles. The zero-order chi connectivity index (χ0) is 15.4. The Morgan fingerprint density at radius 3 is 2.43 bits per heavy atom. The van der Waals surface area contributed by atoms with E-state index in [4.69, 9.17) is 4.74 Å². The molecule has 2 rings (SSSR count). The molecular formula is C17H19F2NO. The average molecular weight is 291 g/mol. The smallest absolute Gasteiger partial charge is 0.133 e. The molecule has 0 saturated heterocycles. The molecule has 0 bridgehead atoms. The van der Waals surface area contributed by atoms with Crippen LogP contribution >= 0.6 is 0 Å². The molecule has 0 aliphatic rings. The maximum Gasteiger partial charge on any atom is 0.133 e. The Morgan fingerprint density at radius 1 is 1.05 bits per heavy atom. The van der Waals surface area contributed by atoms with Gasteiger partial charge in [-0.2, -0.15) is 0 Å². The first-order valence-electron chi connectivity index (χ1n) is 6.98. The van der Waals surface area contributed by atoms with E-state index in [0.29, 0.717) is 17.1 Å². The molecule has 2 aromatic carbocycles. The topological polar surface area (TPSA) is 21.3 Å². The molecule has 0 aliphatic heterocycles. The molecule has 0 spiro atoms. The predicted molar refractivity (Wildman–Crippen MR) is 79.7 cm³/mol. The highest BCUT2D eigenvalue weighted by Crippen LogP contribution is 2.32. The van der Waals surface area contributed by atoms with Gasteiger partial charge in [-0.05, 0) is 50.2 Å². The van der Waals surface area contributed by atoms with Gasteiger partial charge in [0.1, 0.15) is 23.1 Å². The fraction of sp³-hybridized carbons (Fsp3) is 0.294. The monoisotopic (exact) mass is 291 g/mol. The van der Waals surface area contributed by atoms with Gasteiger partial charge in [-0.15, -0.1) is 0 Å². The van der Waals surface area contributed by atoms with Gasteiger partial charge in [0.05, 0.1) is 0 Å². The maximum atomic E-state index is 13.5. The highest BCUT2D eigenvalue weighted by atomic mass is 19.1. The predicted octanol–water partition coefficient (Wildman–Crippen LogP) is 4.74. The summed E-state index contributed by atoms with van der Waals surface area (Å²) in [6.45, 7) is 6.51. The third-order valence-electron chi connectivity index (χ3n) is 3.32. The van der Waals surface area contributed by atoms with Crippen molar-refractivity contribution in [3.8, 4) is 11.5 Å². The normalized spacial score (nSPS) is 12.2. The average Bonchev–Trinajstić information content (AvgIpc) is 2.45. The SMILES string of the molecule is CCNC(C)c1cc(F)ccc1Oc1cc(F)ccc1C. The van der Waals surface area contributed by atoms with Crippen molar-refractivity contribution < 1.29 is 13.5 Å². The fourth-order valence-electron chi connectivity index (χ4n) is 2.17. The van der Waals surface area contributed by atoms with Crippen LogP contribution in [0.4, 0.5) is 8.78 Å². The van der Waals surface area contributed by atoms with E-state index in [-0.39, 0.29) is 17.7 Å². The molecule has 0 radical (unpaired) electrons. The molecule has 0 amide bonds. The summed E-state index contributed by atoms with van der Waals surface area (Å²) in [5.74, 6) is 0.280. The largest absolute Gasteiger partial charge is 0.457 e. The molecule has 0 fully saturated rings. The van der Waals surface area contributed by atoms with E-state index < -0.39 is 0 Å². The minimum atomic E-state index is -0.362. The quantitative estimate of drug-likeness (QED) is 0.859. The van der Waals surface area contributed by atoms with Crippen LogP contribution in [-0.4, -0.2) is 6.54 Å². The second kappa shape index (κ2) is 6.68. The first kappa shape index (κ1) is 15.4. The van der Waals surface area contributed by atoms with Gasteiger partial charge in [0.2, 0.25) is 0 Å². The van der Waals surface area contributed by atoms with Crippen LogP contribution in [0, 0.1) is 18.6 Å². The fourth-order valence-corrected chi connectivity index (χ4v) is 2.17. The van der Waals surface area contributed by atoms with Crippen LogP contribution < -0.4 is 10.1 Å². The van der Waals surface area contributed by atoms with Gasteiger partial charge in [0.25, 0.3) is 0 Å². The van der Waals surface area contributed by atoms with Crippen LogP contribution in [0.15, 0.2) is 36.4 Å². The highest BCUT2D eigenvalue weighted by Gasteiger charge is 2.14. The van der Waals surface area contributed by atoms with E-state index >= 15 is 0 Å². The summed E-state index contributed by atoms with van der Waals surface area (Å²) < 4.78 is 32.6. The third-order valence-corrected chi connectivity index (χ3v) is 3.32. The number of ether oxygens (including phenoxy) is 1. The van der Waals surface area contributed by atoms with E-state index in [2.05, 4.69) is 5.32 Å². The molecular weight excluding hydrogens is 272 g/mol. The standard InChI is InChI=1S/C17H19F2NO/c1-4-20-12(3)15-9-13(18)7-8-16(15)21-17-10-14(19)6-5-11(17)2/h5-10,12,20H,4H2,1-3H3. The molecule has 1 atom stereocenters. The Bertz CT molecular complexity index is 628. The minimum Gasteiger partial charge on any atom is -0.457 e. The van der Waals surface area contributed by atoms with Gasteiger partial charge < -0.3 is 10.1 Å². The second-order valence-electron chi connectivity index (χ2n) is 4.97. The Morgan fingerprint density at radius 2 is 1.71 bits per heavy atom. The number of nitrogens with one attached hydrogen (secondary N) is 1. The van der Waals surface area contributed by atoms with Crippen LogP contribution in [0.3, 0.4) is 0 Å². The summed E-state index contributed by atoms with van der Waals surface area (Å²) in [6, 6.07) is 8.66. The molecule has 21 heavy (non-hydrogen) atoms. The van der Waals surface area contributed by atoms with Crippen LogP contribution in [-0.2, 0) is 0 Å². The molecule has 0 aromatic heterocycles. The molecule has 1 unspecified atom stereocenters. The highest BCUT2D eigenvalue weighted by molar-refractivity contribution is 5.42. The molecule has 0 aliphatic carbocycles. The minimum absolute atomic E-state index is 0.0606. The van der Waals surface area contributed by atoms with E-state index in [1.54, 1.807) is 12.1 Å². The lowest BCUT2D eigenvalue weighted by molar-refractivity contribution is 0.452. The molecule has 0 heterocycles. The van der Waals surface area contributed by atoms with E-state index in [9.17, 15) is 8.78 Å². The van der Waals surface area contributed by atoms with E-state index in [0.717, 1.165) is 12.1 Å². The Balaban J connectivity index is 2.37. The van der Waals surface area contributed by atoms with Crippen molar-refractivity contribution in [1.29, 1.82) is 0 Å². The van der Waals surface area contributed by atoms with Gasteiger partial charge >= 0.3 is 0 Å².